The van der Waals surface area contributed by atoms with Gasteiger partial charge in [0.1, 0.15) is 0 Å². The highest BCUT2D eigenvalue weighted by Crippen LogP contribution is 2.00. The Morgan fingerprint density at radius 3 is 1.91 bits per heavy atom. The number of imidazole rings is 1. The molecular weight excluding hydrogens is 302 g/mol. The van der Waals surface area contributed by atoms with Crippen molar-refractivity contribution >= 4 is 29.2 Å². The summed E-state index contributed by atoms with van der Waals surface area (Å²) in [4.78, 5) is 6.66. The lowest BCUT2D eigenvalue weighted by Crippen LogP contribution is -2.41. The SMILES string of the molecule is Cc1cnc[nH]1.ClC=CCB(c1ccccc1)c1ccccc1. The molecule has 0 aliphatic carbocycles. The summed E-state index contributed by atoms with van der Waals surface area (Å²) in [5.41, 5.74) is 5.36. The lowest BCUT2D eigenvalue weighted by Gasteiger charge is -2.12. The van der Waals surface area contributed by atoms with Gasteiger partial charge in [-0.25, -0.2) is 4.98 Å². The Bertz CT molecular complexity index is 642. The van der Waals surface area contributed by atoms with Crippen LogP contribution in [0.5, 0.6) is 0 Å². The molecule has 0 aliphatic rings. The summed E-state index contributed by atoms with van der Waals surface area (Å²) in [6.07, 6.45) is 6.37. The van der Waals surface area contributed by atoms with Crippen molar-refractivity contribution in [3.05, 3.63) is 90.5 Å². The van der Waals surface area contributed by atoms with Gasteiger partial charge in [-0.05, 0) is 18.8 Å². The number of H-pyrrole nitrogens is 1. The normalized spacial score (nSPS) is 10.2. The first-order chi connectivity index (χ1) is 11.3. The Hall–Kier alpha value is -2.26. The first-order valence-electron chi connectivity index (χ1n) is 7.61. The van der Waals surface area contributed by atoms with Crippen LogP contribution in [0, 0.1) is 6.92 Å². The Morgan fingerprint density at radius 1 is 1.00 bits per heavy atom. The summed E-state index contributed by atoms with van der Waals surface area (Å²) in [7, 11) is 0. The number of nitrogens with zero attached hydrogens (tertiary/aromatic N) is 1. The van der Waals surface area contributed by atoms with Crippen molar-refractivity contribution < 1.29 is 0 Å². The first kappa shape index (κ1) is 17.1. The van der Waals surface area contributed by atoms with Crippen molar-refractivity contribution in [2.24, 2.45) is 0 Å². The van der Waals surface area contributed by atoms with Gasteiger partial charge >= 0.3 is 0 Å². The molecule has 2 aromatic carbocycles. The van der Waals surface area contributed by atoms with Crippen LogP contribution in [0.3, 0.4) is 0 Å². The van der Waals surface area contributed by atoms with E-state index in [9.17, 15) is 0 Å². The Kier molecular flexibility index (Phi) is 7.21. The topological polar surface area (TPSA) is 28.7 Å². The zero-order chi connectivity index (χ0) is 16.3. The molecule has 0 spiro atoms. The number of aromatic amines is 1. The molecule has 0 atom stereocenters. The van der Waals surface area contributed by atoms with E-state index in [0.29, 0.717) is 6.71 Å². The van der Waals surface area contributed by atoms with Crippen molar-refractivity contribution in [3.8, 4) is 0 Å². The van der Waals surface area contributed by atoms with Crippen LogP contribution < -0.4 is 10.9 Å². The fraction of sp³-hybridized carbons (Fsp3) is 0.105. The van der Waals surface area contributed by atoms with E-state index in [1.807, 2.05) is 25.1 Å². The number of benzene rings is 2. The fourth-order valence-electron chi connectivity index (χ4n) is 2.35. The Morgan fingerprint density at radius 2 is 1.57 bits per heavy atom. The monoisotopic (exact) mass is 322 g/mol. The van der Waals surface area contributed by atoms with Crippen molar-refractivity contribution in [2.75, 3.05) is 0 Å². The highest BCUT2D eigenvalue weighted by atomic mass is 35.5. The lowest BCUT2D eigenvalue weighted by molar-refractivity contribution is 1.25. The van der Waals surface area contributed by atoms with Gasteiger partial charge in [0, 0.05) is 11.9 Å². The minimum absolute atomic E-state index is 0.382. The van der Waals surface area contributed by atoms with Gasteiger partial charge in [0.25, 0.3) is 0 Å². The number of hydrogen-bond acceptors (Lipinski definition) is 1. The van der Waals surface area contributed by atoms with Gasteiger partial charge in [-0.3, -0.25) is 0 Å². The molecule has 0 saturated carbocycles. The first-order valence-corrected chi connectivity index (χ1v) is 8.05. The quantitative estimate of drug-likeness (QED) is 0.728. The van der Waals surface area contributed by atoms with Crippen molar-refractivity contribution in [1.82, 2.24) is 9.97 Å². The predicted octanol–water partition coefficient (Wildman–Crippen LogP) is 3.77. The minimum Gasteiger partial charge on any atom is -0.349 e. The molecule has 0 saturated heterocycles. The average Bonchev–Trinajstić information content (AvgIpc) is 3.09. The molecule has 2 nitrogen and oxygen atoms in total. The molecule has 0 amide bonds. The molecule has 1 aromatic heterocycles. The van der Waals surface area contributed by atoms with E-state index in [1.54, 1.807) is 18.1 Å². The zero-order valence-electron chi connectivity index (χ0n) is 13.2. The molecule has 3 rings (SSSR count). The number of aryl methyl sites for hydroxylation is 1. The maximum Gasteiger partial charge on any atom is 0.213 e. The molecule has 1 N–H and O–H groups in total. The number of hydrogen-bond donors (Lipinski definition) is 1. The summed E-state index contributed by atoms with van der Waals surface area (Å²) in [6, 6.07) is 21.1. The third-order valence-corrected chi connectivity index (χ3v) is 3.68. The Labute approximate surface area is 143 Å². The van der Waals surface area contributed by atoms with Crippen LogP contribution in [-0.2, 0) is 0 Å². The molecule has 0 fully saturated rings. The third-order valence-electron chi connectivity index (χ3n) is 3.50. The van der Waals surface area contributed by atoms with E-state index < -0.39 is 0 Å². The maximum absolute atomic E-state index is 5.64. The second kappa shape index (κ2) is 9.70. The van der Waals surface area contributed by atoms with Crippen LogP contribution in [0.4, 0.5) is 0 Å². The van der Waals surface area contributed by atoms with Gasteiger partial charge < -0.3 is 4.98 Å². The van der Waals surface area contributed by atoms with E-state index >= 15 is 0 Å². The van der Waals surface area contributed by atoms with Crippen LogP contribution in [0.1, 0.15) is 5.69 Å². The standard InChI is InChI=1S/C15H14BCl.C4H6N2/c17-13-7-12-16(14-8-3-1-4-9-14)15-10-5-2-6-11-15;1-4-2-5-3-6-4/h1-11,13H,12H2;2-3H,1H3,(H,5,6). The molecule has 0 unspecified atom stereocenters. The van der Waals surface area contributed by atoms with Crippen LogP contribution in [0.15, 0.2) is 84.8 Å². The van der Waals surface area contributed by atoms with Crippen LogP contribution in [-0.4, -0.2) is 16.7 Å². The van der Waals surface area contributed by atoms with E-state index in [4.69, 9.17) is 11.6 Å². The molecule has 0 radical (unpaired) electrons. The second-order valence-corrected chi connectivity index (χ2v) is 5.46. The fourth-order valence-corrected chi connectivity index (χ4v) is 2.45. The second-order valence-electron chi connectivity index (χ2n) is 5.21. The molecule has 116 valence electrons. The molecular formula is C19H20BClN2. The summed E-state index contributed by atoms with van der Waals surface area (Å²) in [5.74, 6) is 0. The van der Waals surface area contributed by atoms with Gasteiger partial charge in [0.15, 0.2) is 0 Å². The maximum atomic E-state index is 5.64. The van der Waals surface area contributed by atoms with Crippen molar-refractivity contribution in [1.29, 1.82) is 0 Å². The van der Waals surface area contributed by atoms with E-state index in [1.165, 1.54) is 10.9 Å². The molecule has 23 heavy (non-hydrogen) atoms. The Balaban J connectivity index is 0.000000268. The molecule has 3 aromatic rings. The zero-order valence-corrected chi connectivity index (χ0v) is 13.9. The number of allylic oxidation sites excluding steroid dienone is 1. The van der Waals surface area contributed by atoms with Crippen LogP contribution >= 0.6 is 11.6 Å². The number of nitrogens with one attached hydrogen (secondary N) is 1. The minimum atomic E-state index is 0.382. The average molecular weight is 323 g/mol. The number of rotatable bonds is 4. The van der Waals surface area contributed by atoms with Gasteiger partial charge in [-0.2, -0.15) is 0 Å². The lowest BCUT2D eigenvalue weighted by atomic mass is 9.39. The van der Waals surface area contributed by atoms with Gasteiger partial charge in [-0.1, -0.05) is 89.3 Å². The molecule has 1 heterocycles. The van der Waals surface area contributed by atoms with Crippen molar-refractivity contribution in [3.63, 3.8) is 0 Å². The summed E-state index contributed by atoms with van der Waals surface area (Å²) in [6.45, 7) is 2.35. The third kappa shape index (κ3) is 5.80. The summed E-state index contributed by atoms with van der Waals surface area (Å²) in [5, 5.41) is 0. The van der Waals surface area contributed by atoms with Crippen molar-refractivity contribution in [2.45, 2.75) is 13.2 Å². The largest absolute Gasteiger partial charge is 0.349 e. The highest BCUT2D eigenvalue weighted by molar-refractivity contribution is 6.85. The highest BCUT2D eigenvalue weighted by Gasteiger charge is 2.16. The number of halogens is 1. The van der Waals surface area contributed by atoms with E-state index in [2.05, 4.69) is 58.5 Å². The molecule has 4 heteroatoms. The van der Waals surface area contributed by atoms with Gasteiger partial charge in [-0.15, -0.1) is 0 Å². The van der Waals surface area contributed by atoms with E-state index in [0.717, 1.165) is 12.0 Å². The van der Waals surface area contributed by atoms with Crippen LogP contribution in [0.2, 0.25) is 6.32 Å². The van der Waals surface area contributed by atoms with Gasteiger partial charge in [0.05, 0.1) is 6.33 Å². The summed E-state index contributed by atoms with van der Waals surface area (Å²) >= 11 is 5.64. The predicted molar refractivity (Wildman–Crippen MR) is 101 cm³/mol. The molecule has 0 bridgehead atoms. The number of aromatic nitrogens is 2. The van der Waals surface area contributed by atoms with Crippen LogP contribution in [0.25, 0.3) is 0 Å². The summed E-state index contributed by atoms with van der Waals surface area (Å²) < 4.78 is 0. The molecule has 0 aliphatic heterocycles. The van der Waals surface area contributed by atoms with E-state index in [-0.39, 0.29) is 0 Å². The smallest absolute Gasteiger partial charge is 0.213 e. The van der Waals surface area contributed by atoms with Gasteiger partial charge in [0.2, 0.25) is 6.71 Å².